The zero-order valence-corrected chi connectivity index (χ0v) is 20.0. The molecule has 0 saturated carbocycles. The summed E-state index contributed by atoms with van der Waals surface area (Å²) in [5.41, 5.74) is 3.00. The second kappa shape index (κ2) is 11.3. The minimum atomic E-state index is -4.57. The average Bonchev–Trinajstić information content (AvgIpc) is 3.22. The molecular weight excluding hydrogens is 464 g/mol. The third-order valence-corrected chi connectivity index (χ3v) is 5.70. The van der Waals surface area contributed by atoms with E-state index in [-0.39, 0.29) is 23.9 Å². The molecule has 0 aliphatic carbocycles. The largest absolute Gasteiger partial charge is 0.489 e. The van der Waals surface area contributed by atoms with Crippen molar-refractivity contribution in [1.29, 1.82) is 0 Å². The first-order valence-corrected chi connectivity index (χ1v) is 11.6. The van der Waals surface area contributed by atoms with Crippen LogP contribution >= 0.6 is 11.3 Å². The lowest BCUT2D eigenvalue weighted by Gasteiger charge is -2.15. The number of thiazole rings is 1. The molecule has 0 bridgehead atoms. The van der Waals surface area contributed by atoms with Gasteiger partial charge in [0.15, 0.2) is 5.13 Å². The second-order valence-electron chi connectivity index (χ2n) is 8.06. The highest BCUT2D eigenvalue weighted by molar-refractivity contribution is 7.14. The summed E-state index contributed by atoms with van der Waals surface area (Å²) in [5.74, 6) is -0.578. The summed E-state index contributed by atoms with van der Waals surface area (Å²) >= 11 is 1.25. The smallest absolute Gasteiger partial charge is 0.420 e. The third kappa shape index (κ3) is 7.45. The van der Waals surface area contributed by atoms with E-state index in [1.165, 1.54) is 41.2 Å². The van der Waals surface area contributed by atoms with E-state index in [1.54, 1.807) is 23.6 Å². The molecule has 1 N–H and O–H groups in total. The number of alkyl halides is 3. The van der Waals surface area contributed by atoms with Gasteiger partial charge in [-0.2, -0.15) is 13.2 Å². The predicted octanol–water partition coefficient (Wildman–Crippen LogP) is 8.78. The molecular formula is C26H26F4N2OS. The SMILES string of the molecule is CC(C)=CCC/C(C)=C/COc1ccc(Nc2nc(-c3ccc(F)cc3)cs2)cc1C(F)(F)F. The summed E-state index contributed by atoms with van der Waals surface area (Å²) < 4.78 is 59.6. The van der Waals surface area contributed by atoms with E-state index in [1.807, 2.05) is 20.8 Å². The highest BCUT2D eigenvalue weighted by atomic mass is 32.1. The van der Waals surface area contributed by atoms with Gasteiger partial charge in [0.1, 0.15) is 18.2 Å². The van der Waals surface area contributed by atoms with Crippen LogP contribution in [0.15, 0.2) is 71.1 Å². The zero-order valence-electron chi connectivity index (χ0n) is 19.2. The van der Waals surface area contributed by atoms with Crippen molar-refractivity contribution in [2.75, 3.05) is 11.9 Å². The molecule has 1 heterocycles. The van der Waals surface area contributed by atoms with E-state index in [4.69, 9.17) is 4.74 Å². The summed E-state index contributed by atoms with van der Waals surface area (Å²) in [5, 5.41) is 5.09. The Morgan fingerprint density at radius 2 is 1.79 bits per heavy atom. The molecule has 0 amide bonds. The number of hydrogen-bond acceptors (Lipinski definition) is 4. The van der Waals surface area contributed by atoms with Gasteiger partial charge in [-0.25, -0.2) is 9.37 Å². The molecule has 0 unspecified atom stereocenters. The van der Waals surface area contributed by atoms with Crippen molar-refractivity contribution in [3.8, 4) is 17.0 Å². The molecule has 0 aliphatic heterocycles. The highest BCUT2D eigenvalue weighted by Gasteiger charge is 2.34. The average molecular weight is 491 g/mol. The van der Waals surface area contributed by atoms with Crippen molar-refractivity contribution in [2.45, 2.75) is 39.8 Å². The van der Waals surface area contributed by atoms with Crippen molar-refractivity contribution in [1.82, 2.24) is 4.98 Å². The van der Waals surface area contributed by atoms with Crippen LogP contribution in [0.3, 0.4) is 0 Å². The van der Waals surface area contributed by atoms with Crippen LogP contribution in [-0.4, -0.2) is 11.6 Å². The Kier molecular flexibility index (Phi) is 8.50. The summed E-state index contributed by atoms with van der Waals surface area (Å²) in [6.07, 6.45) is 1.07. The van der Waals surface area contributed by atoms with Crippen LogP contribution in [-0.2, 0) is 6.18 Å². The van der Waals surface area contributed by atoms with Crippen LogP contribution in [0, 0.1) is 5.82 Å². The zero-order chi connectivity index (χ0) is 24.7. The van der Waals surface area contributed by atoms with E-state index in [2.05, 4.69) is 16.4 Å². The Morgan fingerprint density at radius 1 is 1.06 bits per heavy atom. The van der Waals surface area contributed by atoms with Crippen LogP contribution < -0.4 is 10.1 Å². The highest BCUT2D eigenvalue weighted by Crippen LogP contribution is 2.39. The number of benzene rings is 2. The maximum atomic E-state index is 13.7. The lowest BCUT2D eigenvalue weighted by molar-refractivity contribution is -0.138. The Hall–Kier alpha value is -3.13. The van der Waals surface area contributed by atoms with Crippen LogP contribution in [0.25, 0.3) is 11.3 Å². The van der Waals surface area contributed by atoms with Crippen LogP contribution in [0.2, 0.25) is 0 Å². The molecule has 0 spiro atoms. The Bertz CT molecular complexity index is 1160. The Morgan fingerprint density at radius 3 is 2.47 bits per heavy atom. The topological polar surface area (TPSA) is 34.1 Å². The van der Waals surface area contributed by atoms with Gasteiger partial charge < -0.3 is 10.1 Å². The lowest BCUT2D eigenvalue weighted by atomic mass is 10.1. The van der Waals surface area contributed by atoms with Crippen molar-refractivity contribution >= 4 is 22.2 Å². The van der Waals surface area contributed by atoms with Gasteiger partial charge in [0.05, 0.1) is 11.3 Å². The van der Waals surface area contributed by atoms with Crippen LogP contribution in [0.5, 0.6) is 5.75 Å². The quantitative estimate of drug-likeness (QED) is 0.240. The van der Waals surface area contributed by atoms with Crippen LogP contribution in [0.1, 0.15) is 39.2 Å². The van der Waals surface area contributed by atoms with Gasteiger partial charge in [-0.15, -0.1) is 11.3 Å². The molecule has 1 aromatic heterocycles. The Balaban J connectivity index is 1.70. The first-order valence-electron chi connectivity index (χ1n) is 10.7. The monoisotopic (exact) mass is 490 g/mol. The van der Waals surface area contributed by atoms with E-state index in [9.17, 15) is 17.6 Å². The molecule has 0 fully saturated rings. The van der Waals surface area contributed by atoms with Crippen LogP contribution in [0.4, 0.5) is 28.4 Å². The number of aromatic nitrogens is 1. The maximum absolute atomic E-state index is 13.7. The summed E-state index contributed by atoms with van der Waals surface area (Å²) in [7, 11) is 0. The molecule has 2 aromatic carbocycles. The van der Waals surface area contributed by atoms with E-state index in [0.29, 0.717) is 10.8 Å². The third-order valence-electron chi connectivity index (χ3n) is 4.94. The van der Waals surface area contributed by atoms with Crippen molar-refractivity contribution < 1.29 is 22.3 Å². The van der Waals surface area contributed by atoms with Crippen molar-refractivity contribution in [3.63, 3.8) is 0 Å². The molecule has 34 heavy (non-hydrogen) atoms. The van der Waals surface area contributed by atoms with Gasteiger partial charge >= 0.3 is 6.18 Å². The minimum Gasteiger partial charge on any atom is -0.489 e. The molecule has 0 saturated heterocycles. The fraction of sp³-hybridized carbons (Fsp3) is 0.269. The summed E-state index contributed by atoms with van der Waals surface area (Å²) in [4.78, 5) is 4.38. The lowest BCUT2D eigenvalue weighted by Crippen LogP contribution is -2.09. The Labute approximate surface area is 200 Å². The maximum Gasteiger partial charge on any atom is 0.420 e. The molecule has 0 aliphatic rings. The number of anilines is 2. The standard InChI is InChI=1S/C26H26F4N2OS/c1-17(2)5-4-6-18(3)13-14-33-24-12-11-21(15-22(24)26(28,29)30)31-25-32-23(16-34-25)19-7-9-20(27)10-8-19/h5,7-13,15-16H,4,6,14H2,1-3H3,(H,31,32)/b18-13+. The van der Waals surface area contributed by atoms with E-state index >= 15 is 0 Å². The number of ether oxygens (including phenoxy) is 1. The van der Waals surface area contributed by atoms with Gasteiger partial charge in [0.2, 0.25) is 0 Å². The van der Waals surface area contributed by atoms with Gasteiger partial charge in [-0.3, -0.25) is 0 Å². The van der Waals surface area contributed by atoms with Gasteiger partial charge in [0, 0.05) is 16.6 Å². The van der Waals surface area contributed by atoms with Gasteiger partial charge in [0.25, 0.3) is 0 Å². The first kappa shape index (κ1) is 25.5. The number of hydrogen-bond donors (Lipinski definition) is 1. The first-order chi connectivity index (χ1) is 16.1. The van der Waals surface area contributed by atoms with Crippen molar-refractivity contribution in [3.05, 3.63) is 82.5 Å². The summed E-state index contributed by atoms with van der Waals surface area (Å²) in [6, 6.07) is 9.70. The number of rotatable bonds is 9. The molecule has 8 heteroatoms. The minimum absolute atomic E-state index is 0.0595. The number of halogens is 4. The second-order valence-corrected chi connectivity index (χ2v) is 8.92. The summed E-state index contributed by atoms with van der Waals surface area (Å²) in [6.45, 7) is 6.05. The normalized spacial score (nSPS) is 11.9. The number of nitrogens with zero attached hydrogens (tertiary/aromatic N) is 1. The molecule has 3 aromatic rings. The molecule has 180 valence electrons. The number of allylic oxidation sites excluding steroid dienone is 3. The fourth-order valence-corrected chi connectivity index (χ4v) is 3.87. The van der Waals surface area contributed by atoms with Gasteiger partial charge in [-0.1, -0.05) is 17.2 Å². The van der Waals surface area contributed by atoms with E-state index in [0.717, 1.165) is 30.0 Å². The predicted molar refractivity (Wildman–Crippen MR) is 130 cm³/mol. The van der Waals surface area contributed by atoms with Gasteiger partial charge in [-0.05, 0) is 82.2 Å². The molecule has 3 nitrogen and oxygen atoms in total. The molecule has 0 atom stereocenters. The van der Waals surface area contributed by atoms with Crippen molar-refractivity contribution in [2.24, 2.45) is 0 Å². The van der Waals surface area contributed by atoms with E-state index < -0.39 is 11.7 Å². The molecule has 0 radical (unpaired) electrons. The fourth-order valence-electron chi connectivity index (χ4n) is 3.13. The number of nitrogens with one attached hydrogen (secondary N) is 1. The molecule has 3 rings (SSSR count).